The molecule has 0 aliphatic rings. The van der Waals surface area contributed by atoms with Crippen LogP contribution >= 0.6 is 0 Å². The fourth-order valence-corrected chi connectivity index (χ4v) is 1.89. The maximum Gasteiger partial charge on any atom is 0.339 e. The van der Waals surface area contributed by atoms with E-state index in [2.05, 4.69) is 17.0 Å². The Balaban J connectivity index is 2.10. The molecule has 106 valence electrons. The molecular formula is C15H19N3O2. The van der Waals surface area contributed by atoms with Crippen LogP contribution in [0.25, 0.3) is 5.82 Å². The Hall–Kier alpha value is -2.17. The number of rotatable bonds is 5. The molecule has 5 nitrogen and oxygen atoms in total. The molecule has 2 rings (SSSR count). The number of ether oxygens (including phenoxy) is 1. The van der Waals surface area contributed by atoms with E-state index in [9.17, 15) is 4.79 Å². The van der Waals surface area contributed by atoms with Crippen LogP contribution in [0.5, 0.6) is 0 Å². The summed E-state index contributed by atoms with van der Waals surface area (Å²) in [6.07, 6.45) is 3.41. The Bertz CT molecular complexity index is 588. The standard InChI is InChI=1S/C15H19N3O2/c1-4-5-8-20-15(19)13-6-7-14(16-10-13)18-12(3)9-11(2)17-18/h6-7,9-10H,4-5,8H2,1-3H3. The number of pyridine rings is 1. The van der Waals surface area contributed by atoms with Gasteiger partial charge in [-0.25, -0.2) is 14.5 Å². The first-order valence-corrected chi connectivity index (χ1v) is 6.78. The number of nitrogens with zero attached hydrogens (tertiary/aromatic N) is 3. The topological polar surface area (TPSA) is 57.0 Å². The first kappa shape index (κ1) is 14.2. The molecule has 20 heavy (non-hydrogen) atoms. The SMILES string of the molecule is CCCCOC(=O)c1ccc(-n2nc(C)cc2C)nc1. The molecule has 0 amide bonds. The molecule has 0 atom stereocenters. The Labute approximate surface area is 118 Å². The maximum absolute atomic E-state index is 11.8. The van der Waals surface area contributed by atoms with Crippen molar-refractivity contribution in [1.82, 2.24) is 14.8 Å². The molecule has 0 spiro atoms. The summed E-state index contributed by atoms with van der Waals surface area (Å²) in [5.74, 6) is 0.367. The first-order chi connectivity index (χ1) is 9.61. The molecular weight excluding hydrogens is 254 g/mol. The zero-order chi connectivity index (χ0) is 14.5. The zero-order valence-electron chi connectivity index (χ0n) is 12.1. The van der Waals surface area contributed by atoms with Gasteiger partial charge in [0, 0.05) is 11.9 Å². The van der Waals surface area contributed by atoms with Crippen molar-refractivity contribution < 1.29 is 9.53 Å². The van der Waals surface area contributed by atoms with E-state index in [0.29, 0.717) is 18.0 Å². The first-order valence-electron chi connectivity index (χ1n) is 6.78. The number of carbonyl (C=O) groups is 1. The Kier molecular flexibility index (Phi) is 4.50. The van der Waals surface area contributed by atoms with Gasteiger partial charge < -0.3 is 4.74 Å². The van der Waals surface area contributed by atoms with Crippen LogP contribution in [0.15, 0.2) is 24.4 Å². The van der Waals surface area contributed by atoms with Gasteiger partial charge in [-0.1, -0.05) is 13.3 Å². The van der Waals surface area contributed by atoms with E-state index in [-0.39, 0.29) is 5.97 Å². The van der Waals surface area contributed by atoms with Crippen LogP contribution in [-0.2, 0) is 4.74 Å². The minimum atomic E-state index is -0.328. The monoisotopic (exact) mass is 273 g/mol. The quantitative estimate of drug-likeness (QED) is 0.621. The lowest BCUT2D eigenvalue weighted by Gasteiger charge is -2.06. The van der Waals surface area contributed by atoms with Crippen LogP contribution in [0.4, 0.5) is 0 Å². The summed E-state index contributed by atoms with van der Waals surface area (Å²) in [5.41, 5.74) is 2.41. The lowest BCUT2D eigenvalue weighted by molar-refractivity contribution is 0.0499. The van der Waals surface area contributed by atoms with Crippen molar-refractivity contribution in [2.75, 3.05) is 6.61 Å². The van der Waals surface area contributed by atoms with Crippen molar-refractivity contribution >= 4 is 5.97 Å². The number of carbonyl (C=O) groups excluding carboxylic acids is 1. The minimum absolute atomic E-state index is 0.328. The molecule has 0 unspecified atom stereocenters. The third kappa shape index (κ3) is 3.23. The summed E-state index contributed by atoms with van der Waals surface area (Å²) in [6, 6.07) is 5.47. The summed E-state index contributed by atoms with van der Waals surface area (Å²) in [4.78, 5) is 16.0. The maximum atomic E-state index is 11.8. The van der Waals surface area contributed by atoms with Crippen LogP contribution in [0.1, 0.15) is 41.5 Å². The summed E-state index contributed by atoms with van der Waals surface area (Å²) >= 11 is 0. The Morgan fingerprint density at radius 1 is 1.35 bits per heavy atom. The molecule has 2 aromatic heterocycles. The van der Waals surface area contributed by atoms with Gasteiger partial charge in [0.25, 0.3) is 0 Å². The highest BCUT2D eigenvalue weighted by Crippen LogP contribution is 2.11. The van der Waals surface area contributed by atoms with Crippen molar-refractivity contribution in [3.8, 4) is 5.82 Å². The van der Waals surface area contributed by atoms with Crippen molar-refractivity contribution in [2.45, 2.75) is 33.6 Å². The fraction of sp³-hybridized carbons (Fsp3) is 0.400. The second-order valence-corrected chi connectivity index (χ2v) is 4.73. The molecule has 0 bridgehead atoms. The van der Waals surface area contributed by atoms with Gasteiger partial charge in [0.1, 0.15) is 0 Å². The fourth-order valence-electron chi connectivity index (χ4n) is 1.89. The van der Waals surface area contributed by atoms with Crippen LogP contribution in [-0.4, -0.2) is 27.3 Å². The van der Waals surface area contributed by atoms with Crippen molar-refractivity contribution in [2.24, 2.45) is 0 Å². The lowest BCUT2D eigenvalue weighted by Crippen LogP contribution is -2.08. The minimum Gasteiger partial charge on any atom is -0.462 e. The van der Waals surface area contributed by atoms with E-state index in [1.165, 1.54) is 6.20 Å². The molecule has 2 aromatic rings. The largest absolute Gasteiger partial charge is 0.462 e. The molecule has 0 aliphatic heterocycles. The second kappa shape index (κ2) is 6.32. The molecule has 0 saturated carbocycles. The predicted molar refractivity (Wildman–Crippen MR) is 76.0 cm³/mol. The van der Waals surface area contributed by atoms with Crippen LogP contribution in [0.2, 0.25) is 0 Å². The van der Waals surface area contributed by atoms with Crippen LogP contribution in [0, 0.1) is 13.8 Å². The third-order valence-corrected chi connectivity index (χ3v) is 2.94. The van der Waals surface area contributed by atoms with Gasteiger partial charge in [0.15, 0.2) is 5.82 Å². The third-order valence-electron chi connectivity index (χ3n) is 2.94. The predicted octanol–water partition coefficient (Wildman–Crippen LogP) is 2.84. The number of unbranched alkanes of at least 4 members (excludes halogenated alkanes) is 1. The summed E-state index contributed by atoms with van der Waals surface area (Å²) < 4.78 is 6.89. The molecule has 0 aromatic carbocycles. The molecule has 0 fully saturated rings. The van der Waals surface area contributed by atoms with E-state index in [0.717, 1.165) is 24.2 Å². The lowest BCUT2D eigenvalue weighted by atomic mass is 10.3. The molecule has 5 heteroatoms. The Morgan fingerprint density at radius 3 is 2.70 bits per heavy atom. The van der Waals surface area contributed by atoms with Crippen LogP contribution in [0.3, 0.4) is 0 Å². The van der Waals surface area contributed by atoms with E-state index < -0.39 is 0 Å². The van der Waals surface area contributed by atoms with E-state index in [1.54, 1.807) is 16.8 Å². The number of esters is 1. The Morgan fingerprint density at radius 2 is 2.15 bits per heavy atom. The van der Waals surface area contributed by atoms with E-state index in [1.807, 2.05) is 19.9 Å². The van der Waals surface area contributed by atoms with Crippen molar-refractivity contribution in [1.29, 1.82) is 0 Å². The summed E-state index contributed by atoms with van der Waals surface area (Å²) in [7, 11) is 0. The van der Waals surface area contributed by atoms with E-state index >= 15 is 0 Å². The number of hydrogen-bond acceptors (Lipinski definition) is 4. The zero-order valence-corrected chi connectivity index (χ0v) is 12.1. The highest BCUT2D eigenvalue weighted by Gasteiger charge is 2.09. The molecule has 0 N–H and O–H groups in total. The average molecular weight is 273 g/mol. The van der Waals surface area contributed by atoms with Gasteiger partial charge in [-0.15, -0.1) is 0 Å². The van der Waals surface area contributed by atoms with E-state index in [4.69, 9.17) is 4.74 Å². The van der Waals surface area contributed by atoms with Gasteiger partial charge in [-0.2, -0.15) is 5.10 Å². The highest BCUT2D eigenvalue weighted by molar-refractivity contribution is 5.89. The number of aromatic nitrogens is 3. The normalized spacial score (nSPS) is 10.6. The smallest absolute Gasteiger partial charge is 0.339 e. The van der Waals surface area contributed by atoms with Gasteiger partial charge >= 0.3 is 5.97 Å². The van der Waals surface area contributed by atoms with Crippen molar-refractivity contribution in [3.05, 3.63) is 41.3 Å². The van der Waals surface area contributed by atoms with Gasteiger partial charge in [-0.3, -0.25) is 0 Å². The second-order valence-electron chi connectivity index (χ2n) is 4.73. The molecule has 0 saturated heterocycles. The van der Waals surface area contributed by atoms with Crippen LogP contribution < -0.4 is 0 Å². The average Bonchev–Trinajstić information content (AvgIpc) is 2.78. The summed E-state index contributed by atoms with van der Waals surface area (Å²) in [6.45, 7) is 6.41. The summed E-state index contributed by atoms with van der Waals surface area (Å²) in [5, 5.41) is 4.35. The molecule has 2 heterocycles. The number of hydrogen-bond donors (Lipinski definition) is 0. The molecule has 0 radical (unpaired) electrons. The van der Waals surface area contributed by atoms with Gasteiger partial charge in [0.05, 0.1) is 17.9 Å². The van der Waals surface area contributed by atoms with Crippen molar-refractivity contribution in [3.63, 3.8) is 0 Å². The molecule has 0 aliphatic carbocycles. The number of aryl methyl sites for hydroxylation is 2. The highest BCUT2D eigenvalue weighted by atomic mass is 16.5. The van der Waals surface area contributed by atoms with Gasteiger partial charge in [0.2, 0.25) is 0 Å². The van der Waals surface area contributed by atoms with Gasteiger partial charge in [-0.05, 0) is 38.5 Å².